The van der Waals surface area contributed by atoms with E-state index in [2.05, 4.69) is 34.4 Å². The van der Waals surface area contributed by atoms with Crippen molar-refractivity contribution in [1.29, 1.82) is 0 Å². The van der Waals surface area contributed by atoms with E-state index in [9.17, 15) is 57.9 Å². The third-order valence-electron chi connectivity index (χ3n) is 8.84. The molecule has 29 heteroatoms. The van der Waals surface area contributed by atoms with Gasteiger partial charge in [0.1, 0.15) is 36.3 Å². The molecule has 1 aliphatic rings. The molecule has 2 amide bonds. The molecule has 0 saturated carbocycles. The number of rotatable bonds is 22. The SMILES string of the molecule is CC(C(=O)SCCNC(=O)CCNC(=O)C(O)C(C)(C)COP(=O)(O)OP(=O)(O)OCC1OC(n2cnc3c(N)ncnc32)C(O)C1OP(=O)(O)O)[C@@H](N)c1ccccc1. The molecule has 60 heavy (non-hydrogen) atoms. The van der Waals surface area contributed by atoms with Crippen LogP contribution in [0.15, 0.2) is 43.0 Å². The van der Waals surface area contributed by atoms with Crippen LogP contribution < -0.4 is 22.1 Å². The first-order chi connectivity index (χ1) is 27.9. The summed E-state index contributed by atoms with van der Waals surface area (Å²) in [7, 11) is -16.4. The van der Waals surface area contributed by atoms with Gasteiger partial charge < -0.3 is 56.6 Å². The molecule has 25 nitrogen and oxygen atoms in total. The summed E-state index contributed by atoms with van der Waals surface area (Å²) in [5.74, 6) is -1.69. The lowest BCUT2D eigenvalue weighted by Gasteiger charge is -2.30. The largest absolute Gasteiger partial charge is 0.481 e. The standard InChI is InChI=1S/C31H47N8O17P3S/c1-17(21(32)18-7-5-4-6-8-18)30(44)60-12-11-34-20(40)9-10-35-28(43)25(42)31(2,3)14-53-59(50,51)56-58(48,49)52-13-19-24(55-57(45,46)47)23(41)29(54-19)39-16-38-22-26(33)36-15-37-27(22)39/h4-8,15-17,19,21,23-25,29,41-42H,9-14,32H2,1-3H3,(H,34,40)(H,35,43)(H,48,49)(H,50,51)(H2,33,36,37)(H2,45,46,47)/t17?,19?,21-,23?,24?,25?,29?/m1/s1. The average molecular weight is 929 g/mol. The number of phosphoric ester groups is 3. The van der Waals surface area contributed by atoms with Crippen molar-refractivity contribution >= 4 is 69.1 Å². The van der Waals surface area contributed by atoms with Crippen molar-refractivity contribution in [3.05, 3.63) is 48.5 Å². The second kappa shape index (κ2) is 20.7. The summed E-state index contributed by atoms with van der Waals surface area (Å²) in [5, 5.41) is 26.3. The number of imidazole rings is 1. The van der Waals surface area contributed by atoms with Crippen LogP contribution in [0.2, 0.25) is 0 Å². The van der Waals surface area contributed by atoms with E-state index in [-0.39, 0.29) is 47.4 Å². The van der Waals surface area contributed by atoms with Crippen molar-refractivity contribution in [2.45, 2.75) is 63.9 Å². The smallest absolute Gasteiger partial charge is 0.386 e. The van der Waals surface area contributed by atoms with Crippen LogP contribution in [-0.4, -0.2) is 123 Å². The fraction of sp³-hybridized carbons (Fsp3) is 0.548. The van der Waals surface area contributed by atoms with Crippen LogP contribution in [0.4, 0.5) is 5.82 Å². The summed E-state index contributed by atoms with van der Waals surface area (Å²) in [4.78, 5) is 88.5. The number of hydrogen-bond donors (Lipinski definition) is 10. The Bertz CT molecular complexity index is 2110. The summed E-state index contributed by atoms with van der Waals surface area (Å²) >= 11 is 1.02. The molecule has 334 valence electrons. The van der Waals surface area contributed by atoms with E-state index in [0.717, 1.165) is 34.5 Å². The van der Waals surface area contributed by atoms with E-state index in [1.54, 1.807) is 6.92 Å². The average Bonchev–Trinajstić information content (AvgIpc) is 3.74. The Morgan fingerprint density at radius 1 is 1.02 bits per heavy atom. The fourth-order valence-electron chi connectivity index (χ4n) is 5.52. The molecule has 8 unspecified atom stereocenters. The number of nitrogens with zero attached hydrogens (tertiary/aromatic N) is 4. The number of thioether (sulfide) groups is 1. The number of fused-ring (bicyclic) bond motifs is 1. The third-order valence-corrected chi connectivity index (χ3v) is 13.0. The number of hydrogen-bond acceptors (Lipinski definition) is 19. The monoisotopic (exact) mass is 928 g/mol. The van der Waals surface area contributed by atoms with Gasteiger partial charge in [-0.25, -0.2) is 28.6 Å². The van der Waals surface area contributed by atoms with Crippen LogP contribution in [0.1, 0.15) is 45.0 Å². The van der Waals surface area contributed by atoms with Crippen molar-refractivity contribution in [2.75, 3.05) is 37.8 Å². The van der Waals surface area contributed by atoms with Gasteiger partial charge in [-0.15, -0.1) is 0 Å². The first-order valence-corrected chi connectivity index (χ1v) is 23.3. The zero-order chi connectivity index (χ0) is 44.6. The second-order valence-corrected chi connectivity index (χ2v) is 19.3. The van der Waals surface area contributed by atoms with Crippen LogP contribution in [0.3, 0.4) is 0 Å². The van der Waals surface area contributed by atoms with Gasteiger partial charge in [0.15, 0.2) is 22.8 Å². The molecule has 2 aromatic heterocycles. The first kappa shape index (κ1) is 49.4. The third kappa shape index (κ3) is 13.9. The molecule has 12 N–H and O–H groups in total. The number of nitrogen functional groups attached to an aromatic ring is 1. The lowest BCUT2D eigenvalue weighted by Crippen LogP contribution is -2.46. The lowest BCUT2D eigenvalue weighted by molar-refractivity contribution is -0.137. The van der Waals surface area contributed by atoms with Gasteiger partial charge in [-0.2, -0.15) is 4.31 Å². The number of ether oxygens (including phenoxy) is 1. The minimum absolute atomic E-state index is 0.0268. The Morgan fingerprint density at radius 3 is 2.35 bits per heavy atom. The van der Waals surface area contributed by atoms with Crippen LogP contribution in [0.5, 0.6) is 0 Å². The predicted octanol–water partition coefficient (Wildman–Crippen LogP) is 0.000800. The molecule has 4 rings (SSSR count). The number of benzene rings is 1. The highest BCUT2D eigenvalue weighted by Crippen LogP contribution is 2.61. The Morgan fingerprint density at radius 2 is 1.68 bits per heavy atom. The molecular weight excluding hydrogens is 881 g/mol. The van der Waals surface area contributed by atoms with Crippen molar-refractivity contribution in [2.24, 2.45) is 17.1 Å². The van der Waals surface area contributed by atoms with Crippen LogP contribution in [0, 0.1) is 11.3 Å². The molecular formula is C31H47N8O17P3S. The zero-order valence-electron chi connectivity index (χ0n) is 32.2. The van der Waals surface area contributed by atoms with Gasteiger partial charge in [0.05, 0.1) is 19.5 Å². The van der Waals surface area contributed by atoms with Crippen LogP contribution in [0.25, 0.3) is 11.2 Å². The van der Waals surface area contributed by atoms with E-state index in [0.29, 0.717) is 0 Å². The molecule has 3 heterocycles. The normalized spacial score (nSPS) is 22.0. The molecule has 1 saturated heterocycles. The van der Waals surface area contributed by atoms with Gasteiger partial charge in [-0.05, 0) is 5.56 Å². The van der Waals surface area contributed by atoms with Gasteiger partial charge in [0.2, 0.25) is 11.8 Å². The number of nitrogens with two attached hydrogens (primary N) is 2. The highest BCUT2D eigenvalue weighted by atomic mass is 32.2. The van der Waals surface area contributed by atoms with Gasteiger partial charge >= 0.3 is 23.5 Å². The van der Waals surface area contributed by atoms with E-state index in [4.69, 9.17) is 25.3 Å². The summed E-state index contributed by atoms with van der Waals surface area (Å²) in [6.07, 6.45) is -6.99. The minimum Gasteiger partial charge on any atom is -0.386 e. The number of aliphatic hydroxyl groups is 2. The second-order valence-electron chi connectivity index (χ2n) is 14.0. The number of aliphatic hydroxyl groups excluding tert-OH is 2. The molecule has 1 aromatic carbocycles. The maximum absolute atomic E-state index is 12.7. The quantitative estimate of drug-likeness (QED) is 0.0468. The molecule has 1 aliphatic heterocycles. The minimum atomic E-state index is -5.58. The predicted molar refractivity (Wildman–Crippen MR) is 210 cm³/mol. The fourth-order valence-corrected chi connectivity index (χ4v) is 9.17. The zero-order valence-corrected chi connectivity index (χ0v) is 35.7. The Balaban J connectivity index is 1.20. The number of carbonyl (C=O) groups excluding carboxylic acids is 3. The van der Waals surface area contributed by atoms with Crippen molar-refractivity contribution in [3.63, 3.8) is 0 Å². The summed E-state index contributed by atoms with van der Waals surface area (Å²) in [6, 6.07) is 8.67. The van der Waals surface area contributed by atoms with Crippen molar-refractivity contribution < 1.29 is 80.5 Å². The summed E-state index contributed by atoms with van der Waals surface area (Å²) in [6.45, 7) is 2.11. The number of nitrogens with one attached hydrogen (secondary N) is 2. The Hall–Kier alpha value is -3.26. The summed E-state index contributed by atoms with van der Waals surface area (Å²) < 4.78 is 62.2. The van der Waals surface area contributed by atoms with Crippen LogP contribution >= 0.6 is 35.2 Å². The van der Waals surface area contributed by atoms with E-state index in [1.807, 2.05) is 30.3 Å². The topological polar surface area (TPSA) is 390 Å². The van der Waals surface area contributed by atoms with Gasteiger partial charge in [-0.1, -0.05) is 62.9 Å². The van der Waals surface area contributed by atoms with E-state index < -0.39 is 96.5 Å². The van der Waals surface area contributed by atoms with Gasteiger partial charge in [-0.3, -0.25) is 32.5 Å². The summed E-state index contributed by atoms with van der Waals surface area (Å²) in [5.41, 5.74) is 11.3. The first-order valence-electron chi connectivity index (χ1n) is 17.8. The molecule has 0 aliphatic carbocycles. The number of amides is 2. The highest BCUT2D eigenvalue weighted by Gasteiger charge is 2.50. The number of anilines is 1. The van der Waals surface area contributed by atoms with Crippen molar-refractivity contribution in [3.8, 4) is 0 Å². The lowest BCUT2D eigenvalue weighted by atomic mass is 9.87. The van der Waals surface area contributed by atoms with E-state index in [1.165, 1.54) is 13.8 Å². The van der Waals surface area contributed by atoms with Gasteiger partial charge in [0.25, 0.3) is 0 Å². The van der Waals surface area contributed by atoms with Gasteiger partial charge in [0, 0.05) is 42.6 Å². The molecule has 0 bridgehead atoms. The molecule has 9 atom stereocenters. The number of phosphoric acid groups is 3. The maximum Gasteiger partial charge on any atom is 0.481 e. The number of aromatic nitrogens is 4. The molecule has 3 aromatic rings. The molecule has 0 radical (unpaired) electrons. The van der Waals surface area contributed by atoms with E-state index >= 15 is 0 Å². The van der Waals surface area contributed by atoms with Crippen LogP contribution in [-0.2, 0) is 50.7 Å². The maximum atomic E-state index is 12.7. The van der Waals surface area contributed by atoms with Crippen molar-refractivity contribution in [1.82, 2.24) is 30.2 Å². The Labute approximate surface area is 346 Å². The number of carbonyl (C=O) groups is 3. The molecule has 0 spiro atoms. The Kier molecular flexibility index (Phi) is 17.1. The molecule has 1 fully saturated rings. The highest BCUT2D eigenvalue weighted by molar-refractivity contribution is 8.13.